The van der Waals surface area contributed by atoms with E-state index in [4.69, 9.17) is 0 Å². The van der Waals surface area contributed by atoms with Crippen molar-refractivity contribution in [3.8, 4) is 0 Å². The number of pyridine rings is 1. The van der Waals surface area contributed by atoms with Crippen molar-refractivity contribution in [2.75, 3.05) is 33.6 Å². The fourth-order valence-electron chi connectivity index (χ4n) is 6.65. The number of hydrogen-bond donors (Lipinski definition) is 2. The Morgan fingerprint density at radius 2 is 1.76 bits per heavy atom. The van der Waals surface area contributed by atoms with Crippen LogP contribution in [0.5, 0.6) is 0 Å². The second-order valence-corrected chi connectivity index (χ2v) is 11.6. The summed E-state index contributed by atoms with van der Waals surface area (Å²) in [5.74, 6) is 2.33. The van der Waals surface area contributed by atoms with Crippen LogP contribution in [0.2, 0.25) is 0 Å². The SMILES string of the molecule is O=C(CN1C(=O)C2(CCSCC2)c2ccccc21)Nc1ccc2c(c1)CC1(C2)C(=O)Nc2ncccc21. The number of para-hydroxylation sites is 1. The van der Waals surface area contributed by atoms with Gasteiger partial charge < -0.3 is 15.5 Å². The van der Waals surface area contributed by atoms with E-state index in [2.05, 4.69) is 15.6 Å². The molecule has 3 aromatic rings. The summed E-state index contributed by atoms with van der Waals surface area (Å²) in [4.78, 5) is 45.8. The number of amides is 3. The van der Waals surface area contributed by atoms with Crippen LogP contribution in [-0.4, -0.2) is 40.8 Å². The van der Waals surface area contributed by atoms with Gasteiger partial charge in [-0.2, -0.15) is 11.8 Å². The Labute approximate surface area is 219 Å². The predicted octanol–water partition coefficient (Wildman–Crippen LogP) is 3.82. The summed E-state index contributed by atoms with van der Waals surface area (Å²) in [6.45, 7) is -0.0206. The average Bonchev–Trinajstić information content (AvgIpc) is 3.50. The fraction of sp³-hybridized carbons (Fsp3) is 0.310. The smallest absolute Gasteiger partial charge is 0.244 e. The lowest BCUT2D eigenvalue weighted by molar-refractivity contribution is -0.125. The number of carbonyl (C=O) groups excluding carboxylic acids is 3. The third-order valence-electron chi connectivity index (χ3n) is 8.48. The van der Waals surface area contributed by atoms with Gasteiger partial charge in [-0.15, -0.1) is 0 Å². The Morgan fingerprint density at radius 3 is 2.62 bits per heavy atom. The summed E-state index contributed by atoms with van der Waals surface area (Å²) in [5, 5.41) is 5.93. The molecule has 1 aliphatic carbocycles. The maximum Gasteiger partial charge on any atom is 0.244 e. The molecule has 2 aromatic carbocycles. The predicted molar refractivity (Wildman–Crippen MR) is 144 cm³/mol. The molecule has 2 N–H and O–H groups in total. The molecule has 1 aromatic heterocycles. The highest BCUT2D eigenvalue weighted by Gasteiger charge is 2.52. The molecule has 1 atom stereocenters. The number of thioether (sulfide) groups is 1. The van der Waals surface area contributed by atoms with Crippen LogP contribution in [0.1, 0.15) is 35.1 Å². The molecule has 7 nitrogen and oxygen atoms in total. The third-order valence-corrected chi connectivity index (χ3v) is 9.46. The van der Waals surface area contributed by atoms with Crippen LogP contribution in [0.15, 0.2) is 60.8 Å². The summed E-state index contributed by atoms with van der Waals surface area (Å²) >= 11 is 1.88. The molecule has 7 rings (SSSR count). The zero-order chi connectivity index (χ0) is 25.2. The maximum atomic E-state index is 13.6. The molecule has 37 heavy (non-hydrogen) atoms. The first-order valence-corrected chi connectivity index (χ1v) is 13.8. The summed E-state index contributed by atoms with van der Waals surface area (Å²) < 4.78 is 0. The highest BCUT2D eigenvalue weighted by atomic mass is 32.2. The van der Waals surface area contributed by atoms with Crippen molar-refractivity contribution < 1.29 is 14.4 Å². The van der Waals surface area contributed by atoms with Crippen molar-refractivity contribution in [1.82, 2.24) is 4.98 Å². The number of nitrogens with zero attached hydrogens (tertiary/aromatic N) is 2. The number of carbonyl (C=O) groups is 3. The standard InChI is InChI=1S/C29H26N4O3S/c34-24(17-33-23-6-2-1-4-21(23)28(27(33)36)9-12-37-13-10-28)31-20-8-7-18-15-29(16-19(18)14-20)22-5-3-11-30-25(22)32-26(29)35/h1-8,11,14H,9-10,12-13,15-17H2,(H,31,34)(H,30,32,35). The highest BCUT2D eigenvalue weighted by molar-refractivity contribution is 7.99. The topological polar surface area (TPSA) is 91.4 Å². The molecule has 4 aliphatic rings. The van der Waals surface area contributed by atoms with Crippen LogP contribution in [0, 0.1) is 0 Å². The molecule has 0 radical (unpaired) electrons. The number of aromatic nitrogens is 1. The quantitative estimate of drug-likeness (QED) is 0.559. The van der Waals surface area contributed by atoms with Crippen LogP contribution in [0.4, 0.5) is 17.2 Å². The highest BCUT2D eigenvalue weighted by Crippen LogP contribution is 2.49. The van der Waals surface area contributed by atoms with Gasteiger partial charge in [0.1, 0.15) is 12.4 Å². The first-order chi connectivity index (χ1) is 18.0. The van der Waals surface area contributed by atoms with Crippen molar-refractivity contribution in [1.29, 1.82) is 0 Å². The molecule has 1 unspecified atom stereocenters. The van der Waals surface area contributed by atoms with Gasteiger partial charge in [-0.3, -0.25) is 14.4 Å². The lowest BCUT2D eigenvalue weighted by Crippen LogP contribution is -2.45. The van der Waals surface area contributed by atoms with Crippen molar-refractivity contribution in [3.63, 3.8) is 0 Å². The molecule has 1 fully saturated rings. The largest absolute Gasteiger partial charge is 0.325 e. The van der Waals surface area contributed by atoms with Crippen LogP contribution in [0.3, 0.4) is 0 Å². The van der Waals surface area contributed by atoms with Crippen LogP contribution < -0.4 is 15.5 Å². The average molecular weight is 511 g/mol. The molecule has 2 spiro atoms. The van der Waals surface area contributed by atoms with Crippen molar-refractivity contribution in [2.24, 2.45) is 0 Å². The first-order valence-electron chi connectivity index (χ1n) is 12.7. The van der Waals surface area contributed by atoms with Crippen molar-refractivity contribution in [3.05, 3.63) is 83.0 Å². The molecule has 8 heteroatoms. The molecule has 0 saturated carbocycles. The van der Waals surface area contributed by atoms with E-state index in [1.54, 1.807) is 11.1 Å². The molecule has 0 bridgehead atoms. The molecular formula is C29H26N4O3S. The van der Waals surface area contributed by atoms with E-state index in [9.17, 15) is 14.4 Å². The van der Waals surface area contributed by atoms with Crippen LogP contribution in [-0.2, 0) is 38.1 Å². The summed E-state index contributed by atoms with van der Waals surface area (Å²) in [6.07, 6.45) is 4.48. The normalized spacial score (nSPS) is 22.6. The van der Waals surface area contributed by atoms with E-state index in [0.29, 0.717) is 24.3 Å². The van der Waals surface area contributed by atoms with E-state index < -0.39 is 10.8 Å². The molecule has 1 saturated heterocycles. The number of rotatable bonds is 3. The van der Waals surface area contributed by atoms with Gasteiger partial charge in [-0.05, 0) is 78.1 Å². The van der Waals surface area contributed by atoms with Crippen LogP contribution in [0.25, 0.3) is 0 Å². The minimum absolute atomic E-state index is 0.0206. The number of anilines is 3. The van der Waals surface area contributed by atoms with E-state index in [1.165, 1.54) is 0 Å². The van der Waals surface area contributed by atoms with Gasteiger partial charge in [0.15, 0.2) is 0 Å². The molecular weight excluding hydrogens is 484 g/mol. The lowest BCUT2D eigenvalue weighted by atomic mass is 9.76. The Kier molecular flexibility index (Phi) is 4.98. The summed E-state index contributed by atoms with van der Waals surface area (Å²) in [7, 11) is 0. The minimum atomic E-state index is -0.646. The number of benzene rings is 2. The Morgan fingerprint density at radius 1 is 0.973 bits per heavy atom. The van der Waals surface area contributed by atoms with Gasteiger partial charge in [0.25, 0.3) is 0 Å². The van der Waals surface area contributed by atoms with E-state index in [-0.39, 0.29) is 24.3 Å². The number of hydrogen-bond acceptors (Lipinski definition) is 5. The van der Waals surface area contributed by atoms with Gasteiger partial charge in [0.05, 0.1) is 10.8 Å². The lowest BCUT2D eigenvalue weighted by Gasteiger charge is -2.32. The van der Waals surface area contributed by atoms with Gasteiger partial charge in [0, 0.05) is 23.1 Å². The Balaban J connectivity index is 1.11. The van der Waals surface area contributed by atoms with Crippen molar-refractivity contribution >= 4 is 46.7 Å². The molecule has 3 aliphatic heterocycles. The molecule has 4 heterocycles. The van der Waals surface area contributed by atoms with Gasteiger partial charge >= 0.3 is 0 Å². The number of nitrogens with one attached hydrogen (secondary N) is 2. The monoisotopic (exact) mass is 510 g/mol. The summed E-state index contributed by atoms with van der Waals surface area (Å²) in [5.41, 5.74) is 4.52. The molecule has 3 amide bonds. The first kappa shape index (κ1) is 22.5. The van der Waals surface area contributed by atoms with E-state index in [1.807, 2.05) is 66.4 Å². The van der Waals surface area contributed by atoms with E-state index >= 15 is 0 Å². The fourth-order valence-corrected chi connectivity index (χ4v) is 7.84. The maximum absolute atomic E-state index is 13.6. The summed E-state index contributed by atoms with van der Waals surface area (Å²) in [6, 6.07) is 17.6. The zero-order valence-corrected chi connectivity index (χ0v) is 21.1. The Hall–Kier alpha value is -3.65. The second-order valence-electron chi connectivity index (χ2n) is 10.4. The third kappa shape index (κ3) is 3.28. The van der Waals surface area contributed by atoms with E-state index in [0.717, 1.165) is 52.3 Å². The molecule has 186 valence electrons. The van der Waals surface area contributed by atoms with Crippen LogP contribution >= 0.6 is 11.8 Å². The number of fused-ring (bicyclic) bond motifs is 5. The van der Waals surface area contributed by atoms with Gasteiger partial charge in [-0.25, -0.2) is 4.98 Å². The zero-order valence-electron chi connectivity index (χ0n) is 20.3. The Bertz CT molecular complexity index is 1480. The second kappa shape index (κ2) is 8.18. The van der Waals surface area contributed by atoms with Crippen molar-refractivity contribution in [2.45, 2.75) is 36.5 Å². The van der Waals surface area contributed by atoms with Gasteiger partial charge in [0.2, 0.25) is 17.7 Å². The van der Waals surface area contributed by atoms with Gasteiger partial charge in [-0.1, -0.05) is 30.3 Å². The minimum Gasteiger partial charge on any atom is -0.325 e.